The van der Waals surface area contributed by atoms with Gasteiger partial charge in [0.05, 0.1) is 0 Å². The summed E-state index contributed by atoms with van der Waals surface area (Å²) in [5.41, 5.74) is 1.18. The Kier molecular flexibility index (Phi) is 1.83. The molecule has 0 radical (unpaired) electrons. The first kappa shape index (κ1) is 8.86. The maximum absolute atomic E-state index is 11.5. The van der Waals surface area contributed by atoms with Crippen LogP contribution in [0.4, 0.5) is 0 Å². The summed E-state index contributed by atoms with van der Waals surface area (Å²) in [5, 5.41) is 32.9. The SMILES string of the molecule is Cc1n(O)c2c([n+]1[O-])CCC/C2=N/O. The second-order valence-electron chi connectivity index (χ2n) is 3.35. The quantitative estimate of drug-likeness (QED) is 0.204. The third-order valence-electron chi connectivity index (χ3n) is 2.55. The number of hydrogen-bond acceptors (Lipinski definition) is 4. The Morgan fingerprint density at radius 3 is 2.86 bits per heavy atom. The number of nitrogens with zero attached hydrogens (tertiary/aromatic N) is 3. The Hall–Kier alpha value is -1.72. The minimum atomic E-state index is 0.193. The van der Waals surface area contributed by atoms with Gasteiger partial charge in [0.1, 0.15) is 5.71 Å². The van der Waals surface area contributed by atoms with Crippen LogP contribution in [0.25, 0.3) is 0 Å². The predicted molar refractivity (Wildman–Crippen MR) is 46.6 cm³/mol. The van der Waals surface area contributed by atoms with Crippen molar-refractivity contribution in [3.05, 3.63) is 22.4 Å². The molecule has 0 bridgehead atoms. The van der Waals surface area contributed by atoms with Gasteiger partial charge >= 0.3 is 0 Å². The fourth-order valence-electron chi connectivity index (χ4n) is 1.81. The van der Waals surface area contributed by atoms with Gasteiger partial charge in [0, 0.05) is 13.3 Å². The van der Waals surface area contributed by atoms with Crippen LogP contribution in [0.15, 0.2) is 5.16 Å². The van der Waals surface area contributed by atoms with Crippen molar-refractivity contribution in [3.8, 4) is 0 Å². The summed E-state index contributed by atoms with van der Waals surface area (Å²) in [5.74, 6) is 0.193. The molecule has 0 spiro atoms. The molecule has 1 aromatic heterocycles. The lowest BCUT2D eigenvalue weighted by molar-refractivity contribution is -0.621. The van der Waals surface area contributed by atoms with E-state index in [0.29, 0.717) is 34.7 Å². The maximum atomic E-state index is 11.5. The number of hydrogen-bond donors (Lipinski definition) is 2. The number of oxime groups is 1. The standard InChI is InChI=1S/C8H11N3O3/c1-5-10(13)7-4-2-3-6(9-12)8(7)11(5)14/h12,14H,2-4H2,1H3/b9-6-. The molecule has 6 heteroatoms. The van der Waals surface area contributed by atoms with E-state index in [1.807, 2.05) is 0 Å². The van der Waals surface area contributed by atoms with Crippen molar-refractivity contribution in [1.29, 1.82) is 0 Å². The van der Waals surface area contributed by atoms with Gasteiger partial charge in [-0.15, -0.1) is 0 Å². The van der Waals surface area contributed by atoms with Crippen LogP contribution in [0.3, 0.4) is 0 Å². The number of aromatic nitrogens is 2. The Bertz CT molecular complexity index is 408. The van der Waals surface area contributed by atoms with Crippen molar-refractivity contribution in [3.63, 3.8) is 0 Å². The van der Waals surface area contributed by atoms with Gasteiger partial charge in [-0.25, -0.2) is 4.73 Å². The fourth-order valence-corrected chi connectivity index (χ4v) is 1.81. The topological polar surface area (TPSA) is 84.7 Å². The molecular formula is C8H11N3O3. The van der Waals surface area contributed by atoms with Crippen LogP contribution in [-0.4, -0.2) is 20.9 Å². The molecule has 0 aromatic carbocycles. The fraction of sp³-hybridized carbons (Fsp3) is 0.500. The van der Waals surface area contributed by atoms with Crippen LogP contribution in [0, 0.1) is 12.1 Å². The van der Waals surface area contributed by atoms with Crippen molar-refractivity contribution in [1.82, 2.24) is 4.73 Å². The van der Waals surface area contributed by atoms with Crippen molar-refractivity contribution in [2.24, 2.45) is 5.16 Å². The minimum Gasteiger partial charge on any atom is -0.710 e. The first-order valence-electron chi connectivity index (χ1n) is 4.41. The number of imidazole rings is 1. The van der Waals surface area contributed by atoms with Crippen LogP contribution < -0.4 is 4.73 Å². The summed E-state index contributed by atoms with van der Waals surface area (Å²) in [6, 6.07) is 0. The highest BCUT2D eigenvalue weighted by Crippen LogP contribution is 2.20. The summed E-state index contributed by atoms with van der Waals surface area (Å²) in [6.45, 7) is 1.51. The molecule has 0 fully saturated rings. The molecule has 6 nitrogen and oxygen atoms in total. The molecule has 1 aliphatic rings. The first-order chi connectivity index (χ1) is 6.66. The smallest absolute Gasteiger partial charge is 0.297 e. The van der Waals surface area contributed by atoms with Crippen LogP contribution in [0.1, 0.15) is 30.1 Å². The van der Waals surface area contributed by atoms with Gasteiger partial charge in [-0.1, -0.05) is 5.16 Å². The zero-order valence-electron chi connectivity index (χ0n) is 7.77. The van der Waals surface area contributed by atoms with E-state index in [1.54, 1.807) is 0 Å². The van der Waals surface area contributed by atoms with E-state index < -0.39 is 0 Å². The molecule has 2 rings (SSSR count). The van der Waals surface area contributed by atoms with Crippen molar-refractivity contribution in [2.75, 3.05) is 0 Å². The molecule has 0 unspecified atom stereocenters. The molecule has 2 N–H and O–H groups in total. The van der Waals surface area contributed by atoms with Crippen LogP contribution >= 0.6 is 0 Å². The van der Waals surface area contributed by atoms with Crippen LogP contribution in [-0.2, 0) is 6.42 Å². The normalized spacial score (nSPS) is 18.5. The lowest BCUT2D eigenvalue weighted by Gasteiger charge is -2.10. The van der Waals surface area contributed by atoms with E-state index in [-0.39, 0.29) is 5.82 Å². The molecule has 0 saturated carbocycles. The maximum Gasteiger partial charge on any atom is 0.297 e. The zero-order chi connectivity index (χ0) is 10.3. The van der Waals surface area contributed by atoms with Gasteiger partial charge in [-0.3, -0.25) is 0 Å². The van der Waals surface area contributed by atoms with Crippen molar-refractivity contribution in [2.45, 2.75) is 26.2 Å². The first-order valence-corrected chi connectivity index (χ1v) is 4.41. The Balaban J connectivity index is 2.69. The van der Waals surface area contributed by atoms with Crippen molar-refractivity contribution >= 4 is 5.71 Å². The number of fused-ring (bicyclic) bond motifs is 1. The summed E-state index contributed by atoms with van der Waals surface area (Å²) >= 11 is 0. The molecule has 1 aliphatic carbocycles. The van der Waals surface area contributed by atoms with E-state index in [0.717, 1.165) is 11.2 Å². The van der Waals surface area contributed by atoms with Crippen LogP contribution in [0.2, 0.25) is 0 Å². The molecule has 1 heterocycles. The summed E-state index contributed by atoms with van der Waals surface area (Å²) < 4.78 is 1.47. The Morgan fingerprint density at radius 1 is 1.50 bits per heavy atom. The predicted octanol–water partition coefficient (Wildman–Crippen LogP) is 0.182. The van der Waals surface area contributed by atoms with E-state index in [9.17, 15) is 10.4 Å². The lowest BCUT2D eigenvalue weighted by atomic mass is 9.99. The highest BCUT2D eigenvalue weighted by atomic mass is 16.5. The third-order valence-corrected chi connectivity index (χ3v) is 2.55. The van der Waals surface area contributed by atoms with Gasteiger partial charge in [-0.05, 0) is 17.6 Å². The average Bonchev–Trinajstić information content (AvgIpc) is 2.44. The third kappa shape index (κ3) is 0.966. The lowest BCUT2D eigenvalue weighted by Crippen LogP contribution is -2.34. The molecular weight excluding hydrogens is 186 g/mol. The Labute approximate surface area is 80.2 Å². The van der Waals surface area contributed by atoms with Gasteiger partial charge in [0.2, 0.25) is 5.69 Å². The second kappa shape index (κ2) is 2.90. The summed E-state index contributed by atoms with van der Waals surface area (Å²) in [7, 11) is 0. The van der Waals surface area contributed by atoms with Gasteiger partial charge in [-0.2, -0.15) is 0 Å². The molecule has 14 heavy (non-hydrogen) atoms. The monoisotopic (exact) mass is 197 g/mol. The van der Waals surface area contributed by atoms with Gasteiger partial charge in [0.25, 0.3) is 5.82 Å². The molecule has 0 saturated heterocycles. The Morgan fingerprint density at radius 2 is 2.21 bits per heavy atom. The van der Waals surface area contributed by atoms with E-state index in [1.165, 1.54) is 6.92 Å². The molecule has 0 atom stereocenters. The van der Waals surface area contributed by atoms with E-state index in [2.05, 4.69) is 5.16 Å². The van der Waals surface area contributed by atoms with E-state index >= 15 is 0 Å². The van der Waals surface area contributed by atoms with Crippen molar-refractivity contribution < 1.29 is 15.1 Å². The zero-order valence-corrected chi connectivity index (χ0v) is 7.77. The minimum absolute atomic E-state index is 0.193. The highest BCUT2D eigenvalue weighted by Gasteiger charge is 2.32. The van der Waals surface area contributed by atoms with Gasteiger partial charge < -0.3 is 15.6 Å². The molecule has 0 amide bonds. The van der Waals surface area contributed by atoms with Crippen LogP contribution in [0.5, 0.6) is 0 Å². The average molecular weight is 197 g/mol. The van der Waals surface area contributed by atoms with Gasteiger partial charge in [0.15, 0.2) is 5.69 Å². The summed E-state index contributed by atoms with van der Waals surface area (Å²) in [4.78, 5) is 0. The highest BCUT2D eigenvalue weighted by molar-refractivity contribution is 6.00. The molecule has 0 aliphatic heterocycles. The second-order valence-corrected chi connectivity index (χ2v) is 3.35. The summed E-state index contributed by atoms with van der Waals surface area (Å²) in [6.07, 6.45) is 1.94. The molecule has 1 aromatic rings. The van der Waals surface area contributed by atoms with E-state index in [4.69, 9.17) is 5.21 Å². The number of rotatable bonds is 0. The molecule has 76 valence electrons. The largest absolute Gasteiger partial charge is 0.710 e.